The molecule has 2 saturated heterocycles. The number of rotatable bonds is 6. The van der Waals surface area contributed by atoms with Gasteiger partial charge in [0.15, 0.2) is 0 Å². The molecule has 0 saturated carbocycles. The molecule has 6 nitrogen and oxygen atoms in total. The van der Waals surface area contributed by atoms with Crippen molar-refractivity contribution in [2.24, 2.45) is 0 Å². The number of imidazole rings is 2. The number of hydrogen-bond donors (Lipinski definition) is 0. The van der Waals surface area contributed by atoms with Crippen LogP contribution in [0.3, 0.4) is 0 Å². The van der Waals surface area contributed by atoms with Gasteiger partial charge in [0.05, 0.1) is 60.6 Å². The summed E-state index contributed by atoms with van der Waals surface area (Å²) < 4.78 is 15.4. The Morgan fingerprint density at radius 1 is 0.750 bits per heavy atom. The summed E-state index contributed by atoms with van der Waals surface area (Å²) in [5.41, 5.74) is 4.28. The lowest BCUT2D eigenvalue weighted by molar-refractivity contribution is 0.384. The Kier molecular flexibility index (Phi) is 3.60. The molecule has 2 aliphatic rings. The molecule has 0 N–H and O–H groups in total. The highest BCUT2D eigenvalue weighted by atomic mass is 16.6. The Morgan fingerprint density at radius 2 is 1.18 bits per heavy atom. The SMILES string of the molecule is C(=C\c1nc2ccccc2n1CC1CO1)/c1nc2ccccc2n1CC1CO1. The molecule has 6 heteroatoms. The monoisotopic (exact) mass is 372 g/mol. The highest BCUT2D eigenvalue weighted by molar-refractivity contribution is 5.82. The number of epoxide rings is 2. The third kappa shape index (κ3) is 2.91. The molecule has 2 atom stereocenters. The topological polar surface area (TPSA) is 60.7 Å². The van der Waals surface area contributed by atoms with Crippen molar-refractivity contribution in [1.82, 2.24) is 19.1 Å². The first-order chi connectivity index (χ1) is 13.8. The molecule has 4 aromatic rings. The first-order valence-corrected chi connectivity index (χ1v) is 9.67. The van der Waals surface area contributed by atoms with Crippen molar-refractivity contribution >= 4 is 34.2 Å². The molecule has 2 fully saturated rings. The number of fused-ring (bicyclic) bond motifs is 2. The van der Waals surface area contributed by atoms with Gasteiger partial charge in [-0.1, -0.05) is 24.3 Å². The third-order valence-electron chi connectivity index (χ3n) is 5.33. The van der Waals surface area contributed by atoms with E-state index < -0.39 is 0 Å². The molecule has 2 aromatic heterocycles. The van der Waals surface area contributed by atoms with Gasteiger partial charge in [-0.15, -0.1) is 0 Å². The van der Waals surface area contributed by atoms with Crippen LogP contribution in [-0.2, 0) is 22.6 Å². The number of benzene rings is 2. The van der Waals surface area contributed by atoms with Crippen LogP contribution in [0.1, 0.15) is 11.6 Å². The minimum atomic E-state index is 0.293. The van der Waals surface area contributed by atoms with Gasteiger partial charge in [-0.25, -0.2) is 9.97 Å². The number of para-hydroxylation sites is 4. The van der Waals surface area contributed by atoms with Crippen LogP contribution < -0.4 is 0 Å². The van der Waals surface area contributed by atoms with Crippen molar-refractivity contribution in [1.29, 1.82) is 0 Å². The first kappa shape index (κ1) is 16.0. The van der Waals surface area contributed by atoms with Gasteiger partial charge in [-0.3, -0.25) is 0 Å². The predicted molar refractivity (Wildman–Crippen MR) is 108 cm³/mol. The summed E-state index contributed by atoms with van der Waals surface area (Å²) in [5, 5.41) is 0. The maximum absolute atomic E-state index is 5.46. The second kappa shape index (κ2) is 6.29. The van der Waals surface area contributed by atoms with E-state index in [1.54, 1.807) is 0 Å². The van der Waals surface area contributed by atoms with Gasteiger partial charge in [0.1, 0.15) is 11.6 Å². The summed E-state index contributed by atoms with van der Waals surface area (Å²) in [4.78, 5) is 9.65. The van der Waals surface area contributed by atoms with E-state index in [0.29, 0.717) is 12.2 Å². The molecule has 0 aliphatic carbocycles. The summed E-state index contributed by atoms with van der Waals surface area (Å²) in [6.45, 7) is 3.30. The Bertz CT molecular complexity index is 1100. The van der Waals surface area contributed by atoms with Gasteiger partial charge in [0.25, 0.3) is 0 Å². The molecular weight excluding hydrogens is 352 g/mol. The lowest BCUT2D eigenvalue weighted by Gasteiger charge is -2.06. The van der Waals surface area contributed by atoms with Gasteiger partial charge >= 0.3 is 0 Å². The fourth-order valence-corrected chi connectivity index (χ4v) is 3.73. The minimum absolute atomic E-state index is 0.293. The third-order valence-corrected chi connectivity index (χ3v) is 5.33. The molecule has 4 heterocycles. The van der Waals surface area contributed by atoms with Gasteiger partial charge in [-0.2, -0.15) is 0 Å². The fourth-order valence-electron chi connectivity index (χ4n) is 3.73. The van der Waals surface area contributed by atoms with Crippen molar-refractivity contribution in [2.75, 3.05) is 13.2 Å². The molecule has 2 aromatic carbocycles. The van der Waals surface area contributed by atoms with E-state index in [1.807, 2.05) is 12.1 Å². The average Bonchev–Trinajstić information content (AvgIpc) is 3.63. The lowest BCUT2D eigenvalue weighted by atomic mass is 10.3. The van der Waals surface area contributed by atoms with Crippen LogP contribution in [0.5, 0.6) is 0 Å². The number of aromatic nitrogens is 4. The van der Waals surface area contributed by atoms with Gasteiger partial charge in [0.2, 0.25) is 0 Å². The molecule has 140 valence electrons. The normalized spacial score (nSPS) is 21.1. The van der Waals surface area contributed by atoms with E-state index in [1.165, 1.54) is 0 Å². The van der Waals surface area contributed by atoms with Crippen molar-refractivity contribution in [3.05, 3.63) is 60.2 Å². The van der Waals surface area contributed by atoms with Crippen molar-refractivity contribution in [3.8, 4) is 0 Å². The van der Waals surface area contributed by atoms with Gasteiger partial charge in [-0.05, 0) is 36.4 Å². The zero-order valence-corrected chi connectivity index (χ0v) is 15.4. The largest absolute Gasteiger partial charge is 0.371 e. The van der Waals surface area contributed by atoms with Gasteiger partial charge in [0, 0.05) is 0 Å². The maximum atomic E-state index is 5.46. The molecule has 0 spiro atoms. The van der Waals surface area contributed by atoms with Crippen LogP contribution >= 0.6 is 0 Å². The van der Waals surface area contributed by atoms with E-state index in [-0.39, 0.29) is 0 Å². The highest BCUT2D eigenvalue weighted by Gasteiger charge is 2.26. The Balaban J connectivity index is 1.42. The fraction of sp³-hybridized carbons (Fsp3) is 0.273. The number of ether oxygens (including phenoxy) is 2. The summed E-state index contributed by atoms with van der Waals surface area (Å²) in [5.74, 6) is 1.86. The molecule has 2 unspecified atom stereocenters. The molecule has 6 rings (SSSR count). The zero-order valence-electron chi connectivity index (χ0n) is 15.4. The van der Waals surface area contributed by atoms with Crippen molar-refractivity contribution < 1.29 is 9.47 Å². The predicted octanol–water partition coefficient (Wildman–Crippen LogP) is 3.35. The van der Waals surface area contributed by atoms with Crippen molar-refractivity contribution in [2.45, 2.75) is 25.3 Å². The summed E-state index contributed by atoms with van der Waals surface area (Å²) in [6.07, 6.45) is 4.71. The maximum Gasteiger partial charge on any atom is 0.134 e. The van der Waals surface area contributed by atoms with Crippen LogP contribution in [0.2, 0.25) is 0 Å². The number of nitrogens with zero attached hydrogens (tertiary/aromatic N) is 4. The van der Waals surface area contributed by atoms with E-state index in [2.05, 4.69) is 57.7 Å². The quantitative estimate of drug-likeness (QED) is 0.487. The second-order valence-corrected chi connectivity index (χ2v) is 7.38. The second-order valence-electron chi connectivity index (χ2n) is 7.38. The van der Waals surface area contributed by atoms with Crippen LogP contribution in [0.15, 0.2) is 48.5 Å². The molecule has 28 heavy (non-hydrogen) atoms. The molecular formula is C22H20N4O2. The highest BCUT2D eigenvalue weighted by Crippen LogP contribution is 2.24. The van der Waals surface area contributed by atoms with Crippen LogP contribution in [0.25, 0.3) is 34.2 Å². The smallest absolute Gasteiger partial charge is 0.134 e. The molecule has 0 amide bonds. The lowest BCUT2D eigenvalue weighted by Crippen LogP contribution is -2.07. The molecule has 0 bridgehead atoms. The van der Waals surface area contributed by atoms with Crippen LogP contribution in [-0.4, -0.2) is 44.5 Å². The van der Waals surface area contributed by atoms with Crippen LogP contribution in [0.4, 0.5) is 0 Å². The number of hydrogen-bond acceptors (Lipinski definition) is 4. The Labute approximate surface area is 162 Å². The van der Waals surface area contributed by atoms with E-state index in [4.69, 9.17) is 19.4 Å². The molecule has 0 radical (unpaired) electrons. The van der Waals surface area contributed by atoms with Crippen molar-refractivity contribution in [3.63, 3.8) is 0 Å². The summed E-state index contributed by atoms with van der Waals surface area (Å²) in [6, 6.07) is 16.5. The zero-order chi connectivity index (χ0) is 18.5. The Hall–Kier alpha value is -2.96. The minimum Gasteiger partial charge on any atom is -0.371 e. The van der Waals surface area contributed by atoms with E-state index in [0.717, 1.165) is 60.0 Å². The van der Waals surface area contributed by atoms with E-state index in [9.17, 15) is 0 Å². The Morgan fingerprint density at radius 3 is 1.61 bits per heavy atom. The van der Waals surface area contributed by atoms with E-state index >= 15 is 0 Å². The standard InChI is InChI=1S/C22H20N4O2/c1-3-7-19-17(5-1)23-21(25(19)11-15-13-27-15)9-10-22-24-18-6-2-4-8-20(18)26(22)12-16-14-28-16/h1-10,15-16H,11-14H2/b10-9+. The molecule has 2 aliphatic heterocycles. The summed E-state index contributed by atoms with van der Waals surface area (Å²) >= 11 is 0. The van der Waals surface area contributed by atoms with Crippen LogP contribution in [0, 0.1) is 0 Å². The summed E-state index contributed by atoms with van der Waals surface area (Å²) in [7, 11) is 0. The average molecular weight is 372 g/mol. The first-order valence-electron chi connectivity index (χ1n) is 9.67. The van der Waals surface area contributed by atoms with Gasteiger partial charge < -0.3 is 18.6 Å².